The monoisotopic (exact) mass is 269 g/mol. The fourth-order valence-corrected chi connectivity index (χ4v) is 2.40. The second-order valence-corrected chi connectivity index (χ2v) is 5.09. The second-order valence-electron chi connectivity index (χ2n) is 4.68. The van der Waals surface area contributed by atoms with Gasteiger partial charge in [-0.05, 0) is 43.0 Å². The molecule has 0 aliphatic carbocycles. The number of morpholine rings is 1. The Morgan fingerprint density at radius 2 is 2.33 bits per heavy atom. The number of nitrogens with one attached hydrogen (secondary N) is 1. The Morgan fingerprint density at radius 1 is 1.50 bits per heavy atom. The third-order valence-electron chi connectivity index (χ3n) is 3.32. The Hall–Kier alpha value is -0.770. The van der Waals surface area contributed by atoms with Crippen LogP contribution in [0.3, 0.4) is 0 Å². The van der Waals surface area contributed by atoms with Crippen molar-refractivity contribution in [3.63, 3.8) is 0 Å². The fraction of sp³-hybridized carbons (Fsp3) is 0.571. The van der Waals surface area contributed by atoms with Crippen molar-refractivity contribution in [3.05, 3.63) is 28.3 Å². The maximum Gasteiger partial charge on any atom is 0.122 e. The Morgan fingerprint density at radius 3 is 3.00 bits per heavy atom. The van der Waals surface area contributed by atoms with Crippen molar-refractivity contribution in [2.24, 2.45) is 0 Å². The van der Waals surface area contributed by atoms with Crippen LogP contribution in [0, 0.1) is 6.92 Å². The van der Waals surface area contributed by atoms with Crippen LogP contribution in [0.5, 0.6) is 5.75 Å². The van der Waals surface area contributed by atoms with Gasteiger partial charge in [0.05, 0.1) is 20.3 Å². The van der Waals surface area contributed by atoms with Gasteiger partial charge < -0.3 is 14.8 Å². The van der Waals surface area contributed by atoms with Gasteiger partial charge in [-0.15, -0.1) is 0 Å². The summed E-state index contributed by atoms with van der Waals surface area (Å²) in [6, 6.07) is 4.45. The van der Waals surface area contributed by atoms with Crippen molar-refractivity contribution < 1.29 is 9.47 Å². The van der Waals surface area contributed by atoms with Gasteiger partial charge in [0.25, 0.3) is 0 Å². The summed E-state index contributed by atoms with van der Waals surface area (Å²) in [6.45, 7) is 4.54. The molecule has 1 aliphatic rings. The van der Waals surface area contributed by atoms with Gasteiger partial charge in [0.1, 0.15) is 5.75 Å². The van der Waals surface area contributed by atoms with E-state index in [4.69, 9.17) is 21.1 Å². The van der Waals surface area contributed by atoms with Crippen molar-refractivity contribution >= 4 is 11.6 Å². The van der Waals surface area contributed by atoms with Crippen LogP contribution < -0.4 is 10.1 Å². The van der Waals surface area contributed by atoms with E-state index in [0.717, 1.165) is 48.9 Å². The Bertz CT molecular complexity index is 403. The Balaban J connectivity index is 2.01. The topological polar surface area (TPSA) is 30.5 Å². The van der Waals surface area contributed by atoms with Crippen LogP contribution >= 0.6 is 11.6 Å². The first-order valence-electron chi connectivity index (χ1n) is 6.35. The van der Waals surface area contributed by atoms with E-state index in [1.54, 1.807) is 7.11 Å². The molecule has 1 aliphatic heterocycles. The third-order valence-corrected chi connectivity index (χ3v) is 3.73. The summed E-state index contributed by atoms with van der Waals surface area (Å²) >= 11 is 6.17. The number of hydrogen-bond acceptors (Lipinski definition) is 3. The van der Waals surface area contributed by atoms with Crippen molar-refractivity contribution in [1.29, 1.82) is 0 Å². The first-order chi connectivity index (χ1) is 8.70. The second kappa shape index (κ2) is 6.41. The van der Waals surface area contributed by atoms with Gasteiger partial charge in [-0.1, -0.05) is 11.6 Å². The number of aryl methyl sites for hydroxylation is 2. The van der Waals surface area contributed by atoms with Crippen molar-refractivity contribution in [2.45, 2.75) is 25.8 Å². The molecular weight excluding hydrogens is 250 g/mol. The van der Waals surface area contributed by atoms with E-state index in [2.05, 4.69) is 5.32 Å². The summed E-state index contributed by atoms with van der Waals surface area (Å²) in [5, 5.41) is 4.26. The van der Waals surface area contributed by atoms with E-state index in [1.807, 2.05) is 19.1 Å². The highest BCUT2D eigenvalue weighted by Gasteiger charge is 2.14. The predicted octanol–water partition coefficient (Wildman–Crippen LogP) is 2.58. The maximum absolute atomic E-state index is 6.17. The molecule has 1 aromatic carbocycles. The molecule has 18 heavy (non-hydrogen) atoms. The molecule has 1 fully saturated rings. The van der Waals surface area contributed by atoms with Crippen LogP contribution in [-0.4, -0.2) is 32.9 Å². The molecule has 3 nitrogen and oxygen atoms in total. The van der Waals surface area contributed by atoms with Crippen LogP contribution in [0.25, 0.3) is 0 Å². The van der Waals surface area contributed by atoms with Gasteiger partial charge in [0, 0.05) is 17.6 Å². The molecule has 1 heterocycles. The van der Waals surface area contributed by atoms with Gasteiger partial charge in [0.15, 0.2) is 0 Å². The van der Waals surface area contributed by atoms with Crippen LogP contribution in [0.1, 0.15) is 17.5 Å². The molecule has 4 heteroatoms. The summed E-state index contributed by atoms with van der Waals surface area (Å²) < 4.78 is 10.9. The van der Waals surface area contributed by atoms with Gasteiger partial charge in [0.2, 0.25) is 0 Å². The minimum Gasteiger partial charge on any atom is -0.496 e. The van der Waals surface area contributed by atoms with Crippen LogP contribution in [0.4, 0.5) is 0 Å². The summed E-state index contributed by atoms with van der Waals surface area (Å²) in [5.41, 5.74) is 2.22. The van der Waals surface area contributed by atoms with Crippen LogP contribution in [-0.2, 0) is 11.2 Å². The highest BCUT2D eigenvalue weighted by molar-refractivity contribution is 6.31. The molecule has 0 spiro atoms. The number of hydrogen-bond donors (Lipinski definition) is 1. The van der Waals surface area contributed by atoms with E-state index in [0.29, 0.717) is 6.04 Å². The molecule has 0 aromatic heterocycles. The Kier molecular flexibility index (Phi) is 4.87. The van der Waals surface area contributed by atoms with Crippen molar-refractivity contribution in [3.8, 4) is 5.75 Å². The SMILES string of the molecule is COc1cc(C)c(Cl)cc1CCC1COCCN1. The van der Waals surface area contributed by atoms with Crippen LogP contribution in [0.2, 0.25) is 5.02 Å². The molecule has 2 rings (SSSR count). The molecule has 0 saturated carbocycles. The summed E-state index contributed by atoms with van der Waals surface area (Å²) in [6.07, 6.45) is 1.99. The number of ether oxygens (including phenoxy) is 2. The minimum atomic E-state index is 0.434. The number of benzene rings is 1. The maximum atomic E-state index is 6.17. The largest absolute Gasteiger partial charge is 0.496 e. The van der Waals surface area contributed by atoms with E-state index in [9.17, 15) is 0 Å². The molecule has 1 unspecified atom stereocenters. The average molecular weight is 270 g/mol. The summed E-state index contributed by atoms with van der Waals surface area (Å²) in [5.74, 6) is 0.925. The third kappa shape index (κ3) is 3.37. The molecule has 1 saturated heterocycles. The molecule has 1 atom stereocenters. The lowest BCUT2D eigenvalue weighted by atomic mass is 10.0. The lowest BCUT2D eigenvalue weighted by molar-refractivity contribution is 0.0743. The molecule has 1 N–H and O–H groups in total. The van der Waals surface area contributed by atoms with Crippen molar-refractivity contribution in [2.75, 3.05) is 26.9 Å². The standard InChI is InChI=1S/C14H20ClNO2/c1-10-7-14(17-2)11(8-13(10)15)3-4-12-9-18-6-5-16-12/h7-8,12,16H,3-6,9H2,1-2H3. The first-order valence-corrected chi connectivity index (χ1v) is 6.72. The number of halogens is 1. The van der Waals surface area contributed by atoms with Crippen LogP contribution in [0.15, 0.2) is 12.1 Å². The molecular formula is C14H20ClNO2. The lowest BCUT2D eigenvalue weighted by Crippen LogP contribution is -2.41. The molecule has 100 valence electrons. The molecule has 0 bridgehead atoms. The predicted molar refractivity (Wildman–Crippen MR) is 73.7 cm³/mol. The van der Waals surface area contributed by atoms with Gasteiger partial charge in [-0.2, -0.15) is 0 Å². The molecule has 1 aromatic rings. The van der Waals surface area contributed by atoms with Gasteiger partial charge >= 0.3 is 0 Å². The van der Waals surface area contributed by atoms with Gasteiger partial charge in [-0.3, -0.25) is 0 Å². The Labute approximate surface area is 113 Å². The zero-order valence-electron chi connectivity index (χ0n) is 11.0. The first kappa shape index (κ1) is 13.7. The highest BCUT2D eigenvalue weighted by atomic mass is 35.5. The fourth-order valence-electron chi connectivity index (χ4n) is 2.22. The zero-order chi connectivity index (χ0) is 13.0. The van der Waals surface area contributed by atoms with E-state index < -0.39 is 0 Å². The summed E-state index contributed by atoms with van der Waals surface area (Å²) in [4.78, 5) is 0. The molecule has 0 amide bonds. The lowest BCUT2D eigenvalue weighted by Gasteiger charge is -2.24. The smallest absolute Gasteiger partial charge is 0.122 e. The number of rotatable bonds is 4. The van der Waals surface area contributed by atoms with Gasteiger partial charge in [-0.25, -0.2) is 0 Å². The van der Waals surface area contributed by atoms with E-state index >= 15 is 0 Å². The quantitative estimate of drug-likeness (QED) is 0.911. The number of methoxy groups -OCH3 is 1. The highest BCUT2D eigenvalue weighted by Crippen LogP contribution is 2.27. The summed E-state index contributed by atoms with van der Waals surface area (Å²) in [7, 11) is 1.70. The normalized spacial score (nSPS) is 19.8. The molecule has 0 radical (unpaired) electrons. The van der Waals surface area contributed by atoms with E-state index in [1.165, 1.54) is 5.56 Å². The van der Waals surface area contributed by atoms with Crippen molar-refractivity contribution in [1.82, 2.24) is 5.32 Å². The zero-order valence-corrected chi connectivity index (χ0v) is 11.7. The average Bonchev–Trinajstić information content (AvgIpc) is 2.41. The minimum absolute atomic E-state index is 0.434. The van der Waals surface area contributed by atoms with E-state index in [-0.39, 0.29) is 0 Å².